The van der Waals surface area contributed by atoms with E-state index >= 15 is 0 Å². The molecule has 2 aromatic carbocycles. The first-order valence-corrected chi connectivity index (χ1v) is 10.6. The van der Waals surface area contributed by atoms with Gasteiger partial charge in [-0.15, -0.1) is 5.10 Å². The highest BCUT2D eigenvalue weighted by Gasteiger charge is 2.10. The van der Waals surface area contributed by atoms with Gasteiger partial charge < -0.3 is 15.8 Å². The van der Waals surface area contributed by atoms with Crippen molar-refractivity contribution in [1.82, 2.24) is 30.1 Å². The number of ether oxygens (including phenoxy) is 1. The second-order valence-electron chi connectivity index (χ2n) is 6.78. The quantitative estimate of drug-likeness (QED) is 0.355. The molecule has 10 heteroatoms. The number of thioether (sulfide) groups is 1. The number of aryl methyl sites for hydroxylation is 2. The van der Waals surface area contributed by atoms with Crippen LogP contribution >= 0.6 is 11.8 Å². The Bertz CT molecular complexity index is 1180. The van der Waals surface area contributed by atoms with Crippen LogP contribution in [0.1, 0.15) is 22.8 Å². The first-order valence-electron chi connectivity index (χ1n) is 9.62. The van der Waals surface area contributed by atoms with Crippen molar-refractivity contribution >= 4 is 29.3 Å². The average molecular weight is 435 g/mol. The molecule has 4 rings (SSSR count). The van der Waals surface area contributed by atoms with Crippen LogP contribution in [0, 0.1) is 13.8 Å². The number of para-hydroxylation sites is 2. The molecule has 0 atom stereocenters. The topological polar surface area (TPSA) is 128 Å². The normalized spacial score (nSPS) is 10.8. The summed E-state index contributed by atoms with van der Waals surface area (Å²) in [6, 6.07) is 15.7. The molecule has 0 aliphatic rings. The first-order chi connectivity index (χ1) is 15.1. The summed E-state index contributed by atoms with van der Waals surface area (Å²) in [5.41, 5.74) is 8.93. The monoisotopic (exact) mass is 434 g/mol. The van der Waals surface area contributed by atoms with Crippen LogP contribution in [0.3, 0.4) is 0 Å². The highest BCUT2D eigenvalue weighted by molar-refractivity contribution is 7.98. The Kier molecular flexibility index (Phi) is 6.27. The number of rotatable bonds is 8. The van der Waals surface area contributed by atoms with Crippen molar-refractivity contribution in [2.45, 2.75) is 31.4 Å². The standard InChI is InChI=1S/C21H22N8OS/c1-13-7-3-5-9-15(13)23-20-25-18(24-19(22)27-20)12-31-21-26-17(28-29-21)11-30-16-10-6-4-8-14(16)2/h3-10H,11-12H2,1-2H3,(H,26,28,29)(H3,22,23,24,25,27). The molecule has 2 heterocycles. The summed E-state index contributed by atoms with van der Waals surface area (Å²) in [6.07, 6.45) is 0. The molecule has 0 radical (unpaired) electrons. The molecule has 31 heavy (non-hydrogen) atoms. The van der Waals surface area contributed by atoms with Gasteiger partial charge >= 0.3 is 0 Å². The van der Waals surface area contributed by atoms with E-state index in [0.717, 1.165) is 22.6 Å². The SMILES string of the molecule is Cc1ccccc1Nc1nc(N)nc(CSc2n[nH]c(COc3ccccc3C)n2)n1. The number of hydrogen-bond donors (Lipinski definition) is 3. The van der Waals surface area contributed by atoms with Gasteiger partial charge in [0.1, 0.15) is 18.2 Å². The molecule has 2 aromatic heterocycles. The van der Waals surface area contributed by atoms with E-state index in [0.29, 0.717) is 35.1 Å². The molecular formula is C21H22N8OS. The molecule has 4 N–H and O–H groups in total. The third-order valence-electron chi connectivity index (χ3n) is 4.39. The second-order valence-corrected chi connectivity index (χ2v) is 7.72. The first kappa shape index (κ1) is 20.6. The molecule has 0 aliphatic heterocycles. The van der Waals surface area contributed by atoms with Gasteiger partial charge in [0.15, 0.2) is 5.82 Å². The third-order valence-corrected chi connectivity index (χ3v) is 5.23. The smallest absolute Gasteiger partial charge is 0.232 e. The van der Waals surface area contributed by atoms with Gasteiger partial charge in [0.25, 0.3) is 0 Å². The minimum atomic E-state index is 0.156. The van der Waals surface area contributed by atoms with Gasteiger partial charge in [-0.25, -0.2) is 4.98 Å². The lowest BCUT2D eigenvalue weighted by Crippen LogP contribution is -2.07. The molecule has 0 saturated carbocycles. The maximum absolute atomic E-state index is 5.87. The summed E-state index contributed by atoms with van der Waals surface area (Å²) in [7, 11) is 0. The van der Waals surface area contributed by atoms with Gasteiger partial charge in [-0.3, -0.25) is 5.10 Å². The van der Waals surface area contributed by atoms with Crippen LogP contribution in [-0.2, 0) is 12.4 Å². The van der Waals surface area contributed by atoms with Crippen LogP contribution < -0.4 is 15.8 Å². The van der Waals surface area contributed by atoms with Crippen LogP contribution in [0.25, 0.3) is 0 Å². The maximum atomic E-state index is 5.87. The van der Waals surface area contributed by atoms with Crippen LogP contribution in [0.4, 0.5) is 17.6 Å². The van der Waals surface area contributed by atoms with Crippen molar-refractivity contribution in [1.29, 1.82) is 0 Å². The number of nitrogens with zero attached hydrogens (tertiary/aromatic N) is 5. The number of nitrogens with one attached hydrogen (secondary N) is 2. The van der Waals surface area contributed by atoms with Crippen molar-refractivity contribution in [3.63, 3.8) is 0 Å². The molecule has 0 fully saturated rings. The zero-order valence-electron chi connectivity index (χ0n) is 17.2. The molecule has 0 unspecified atom stereocenters. The number of anilines is 3. The fourth-order valence-corrected chi connectivity index (χ4v) is 3.46. The fraction of sp³-hybridized carbons (Fsp3) is 0.190. The van der Waals surface area contributed by atoms with Crippen molar-refractivity contribution < 1.29 is 4.74 Å². The van der Waals surface area contributed by atoms with Gasteiger partial charge in [-0.05, 0) is 37.1 Å². The molecule has 0 aliphatic carbocycles. The van der Waals surface area contributed by atoms with Crippen LogP contribution in [0.5, 0.6) is 5.75 Å². The highest BCUT2D eigenvalue weighted by Crippen LogP contribution is 2.22. The third kappa shape index (κ3) is 5.48. The molecule has 0 saturated heterocycles. The van der Waals surface area contributed by atoms with Gasteiger partial charge in [-0.2, -0.15) is 15.0 Å². The van der Waals surface area contributed by atoms with E-state index in [-0.39, 0.29) is 5.95 Å². The number of aromatic nitrogens is 6. The molecule has 9 nitrogen and oxygen atoms in total. The summed E-state index contributed by atoms with van der Waals surface area (Å²) < 4.78 is 5.80. The van der Waals surface area contributed by atoms with E-state index < -0.39 is 0 Å². The van der Waals surface area contributed by atoms with Crippen LogP contribution in [0.15, 0.2) is 53.7 Å². The number of H-pyrrole nitrogens is 1. The lowest BCUT2D eigenvalue weighted by molar-refractivity contribution is 0.294. The number of benzene rings is 2. The van der Waals surface area contributed by atoms with E-state index in [9.17, 15) is 0 Å². The van der Waals surface area contributed by atoms with Gasteiger partial charge in [0.05, 0.1) is 5.75 Å². The number of nitrogen functional groups attached to an aromatic ring is 1. The average Bonchev–Trinajstić information content (AvgIpc) is 3.21. The Labute approximate surface area is 183 Å². The molecule has 0 bridgehead atoms. The minimum absolute atomic E-state index is 0.156. The van der Waals surface area contributed by atoms with E-state index in [1.165, 1.54) is 11.8 Å². The Balaban J connectivity index is 1.37. The highest BCUT2D eigenvalue weighted by atomic mass is 32.2. The number of hydrogen-bond acceptors (Lipinski definition) is 9. The van der Waals surface area contributed by atoms with E-state index in [2.05, 4.69) is 35.5 Å². The van der Waals surface area contributed by atoms with E-state index in [1.54, 1.807) is 0 Å². The van der Waals surface area contributed by atoms with Crippen molar-refractivity contribution in [3.8, 4) is 5.75 Å². The Morgan fingerprint density at radius 1 is 0.968 bits per heavy atom. The molecule has 4 aromatic rings. The minimum Gasteiger partial charge on any atom is -0.485 e. The van der Waals surface area contributed by atoms with Crippen LogP contribution in [0.2, 0.25) is 0 Å². The summed E-state index contributed by atoms with van der Waals surface area (Å²) >= 11 is 1.40. The Morgan fingerprint density at radius 2 is 1.74 bits per heavy atom. The lowest BCUT2D eigenvalue weighted by Gasteiger charge is -2.09. The number of aromatic amines is 1. The molecule has 158 valence electrons. The largest absolute Gasteiger partial charge is 0.485 e. The summed E-state index contributed by atoms with van der Waals surface area (Å²) in [5, 5.41) is 10.9. The Morgan fingerprint density at radius 3 is 2.55 bits per heavy atom. The van der Waals surface area contributed by atoms with Gasteiger partial charge in [0.2, 0.25) is 17.1 Å². The van der Waals surface area contributed by atoms with Crippen molar-refractivity contribution in [3.05, 3.63) is 71.3 Å². The molecular weight excluding hydrogens is 412 g/mol. The predicted octanol–water partition coefficient (Wildman–Crippen LogP) is 3.80. The van der Waals surface area contributed by atoms with Crippen LogP contribution in [-0.4, -0.2) is 30.1 Å². The zero-order chi connectivity index (χ0) is 21.6. The number of nitrogens with two attached hydrogens (primary N) is 1. The fourth-order valence-electron chi connectivity index (χ4n) is 2.79. The summed E-state index contributed by atoms with van der Waals surface area (Å²) in [5.74, 6) is 3.01. The maximum Gasteiger partial charge on any atom is 0.232 e. The summed E-state index contributed by atoms with van der Waals surface area (Å²) in [6.45, 7) is 4.31. The van der Waals surface area contributed by atoms with Crippen molar-refractivity contribution in [2.24, 2.45) is 0 Å². The summed E-state index contributed by atoms with van der Waals surface area (Å²) in [4.78, 5) is 17.3. The van der Waals surface area contributed by atoms with Crippen molar-refractivity contribution in [2.75, 3.05) is 11.1 Å². The predicted molar refractivity (Wildman–Crippen MR) is 120 cm³/mol. The van der Waals surface area contributed by atoms with E-state index in [1.807, 2.05) is 62.4 Å². The van der Waals surface area contributed by atoms with Gasteiger partial charge in [0, 0.05) is 5.69 Å². The lowest BCUT2D eigenvalue weighted by atomic mass is 10.2. The second kappa shape index (κ2) is 9.43. The zero-order valence-corrected chi connectivity index (χ0v) is 18.0. The molecule has 0 amide bonds. The molecule has 0 spiro atoms. The van der Waals surface area contributed by atoms with Gasteiger partial charge in [-0.1, -0.05) is 48.2 Å². The Hall–Kier alpha value is -3.66. The van der Waals surface area contributed by atoms with E-state index in [4.69, 9.17) is 10.5 Å².